The molecule has 0 aliphatic heterocycles. The van der Waals surface area contributed by atoms with Gasteiger partial charge in [-0.3, -0.25) is 9.89 Å². The molecule has 6 heteroatoms. The molecule has 6 nitrogen and oxygen atoms in total. The van der Waals surface area contributed by atoms with Gasteiger partial charge in [-0.25, -0.2) is 4.79 Å². The van der Waals surface area contributed by atoms with E-state index in [9.17, 15) is 9.59 Å². The molecule has 116 valence electrons. The molecule has 1 aliphatic rings. The van der Waals surface area contributed by atoms with Gasteiger partial charge in [-0.15, -0.1) is 0 Å². The van der Waals surface area contributed by atoms with Crippen LogP contribution in [0.4, 0.5) is 0 Å². The number of esters is 1. The van der Waals surface area contributed by atoms with Crippen LogP contribution >= 0.6 is 0 Å². The molecule has 3 rings (SSSR count). The maximum atomic E-state index is 12.2. The Balaban J connectivity index is 1.64. The van der Waals surface area contributed by atoms with Crippen molar-refractivity contribution < 1.29 is 14.3 Å². The van der Waals surface area contributed by atoms with Gasteiger partial charge in [-0.1, -0.05) is 31.0 Å². The van der Waals surface area contributed by atoms with Gasteiger partial charge in [0.15, 0.2) is 11.8 Å². The second kappa shape index (κ2) is 6.17. The molecule has 0 radical (unpaired) electrons. The van der Waals surface area contributed by atoms with Crippen LogP contribution in [0, 0.1) is 0 Å². The van der Waals surface area contributed by atoms with Crippen LogP contribution in [0.5, 0.6) is 0 Å². The fourth-order valence-electron chi connectivity index (χ4n) is 2.78. The first kappa shape index (κ1) is 14.6. The van der Waals surface area contributed by atoms with Crippen LogP contribution in [0.15, 0.2) is 24.3 Å². The van der Waals surface area contributed by atoms with Crippen LogP contribution < -0.4 is 5.32 Å². The summed E-state index contributed by atoms with van der Waals surface area (Å²) in [4.78, 5) is 24.2. The zero-order valence-corrected chi connectivity index (χ0v) is 12.5. The van der Waals surface area contributed by atoms with Gasteiger partial charge in [0.05, 0.1) is 5.52 Å². The van der Waals surface area contributed by atoms with Crippen LogP contribution in [-0.2, 0) is 9.53 Å². The van der Waals surface area contributed by atoms with E-state index in [-0.39, 0.29) is 17.6 Å². The second-order valence-corrected chi connectivity index (χ2v) is 5.66. The first-order valence-electron chi connectivity index (χ1n) is 7.59. The third-order valence-corrected chi connectivity index (χ3v) is 4.02. The molecule has 0 unspecified atom stereocenters. The molecule has 1 aliphatic carbocycles. The first-order valence-corrected chi connectivity index (χ1v) is 7.59. The Hall–Kier alpha value is -2.37. The number of nitrogens with one attached hydrogen (secondary N) is 2. The van der Waals surface area contributed by atoms with Gasteiger partial charge in [0.25, 0.3) is 5.91 Å². The van der Waals surface area contributed by atoms with E-state index in [0.717, 1.165) is 31.2 Å². The van der Waals surface area contributed by atoms with Crippen molar-refractivity contribution in [2.75, 3.05) is 0 Å². The summed E-state index contributed by atoms with van der Waals surface area (Å²) >= 11 is 0. The number of aromatic nitrogens is 2. The Morgan fingerprint density at radius 2 is 2.05 bits per heavy atom. The van der Waals surface area contributed by atoms with E-state index in [1.807, 2.05) is 18.2 Å². The van der Waals surface area contributed by atoms with E-state index in [1.54, 1.807) is 13.0 Å². The van der Waals surface area contributed by atoms with Crippen molar-refractivity contribution in [2.24, 2.45) is 0 Å². The Kier molecular flexibility index (Phi) is 4.09. The smallest absolute Gasteiger partial charge is 0.360 e. The number of H-pyrrole nitrogens is 1. The standard InChI is InChI=1S/C16H19N3O3/c1-10(15(20)17-11-6-2-3-7-11)22-16(21)14-12-8-4-5-9-13(12)18-19-14/h4-5,8-11H,2-3,6-7H2,1H3,(H,17,20)(H,18,19)/t10-/m1/s1. The van der Waals surface area contributed by atoms with Crippen molar-refractivity contribution in [1.82, 2.24) is 15.5 Å². The highest BCUT2D eigenvalue weighted by molar-refractivity contribution is 6.02. The molecule has 1 aromatic carbocycles. The lowest BCUT2D eigenvalue weighted by atomic mass is 10.2. The Morgan fingerprint density at radius 1 is 1.32 bits per heavy atom. The lowest BCUT2D eigenvalue weighted by molar-refractivity contribution is -0.129. The molecule has 1 fully saturated rings. The van der Waals surface area contributed by atoms with E-state index >= 15 is 0 Å². The predicted octanol–water partition coefficient (Wildman–Crippen LogP) is 2.17. The van der Waals surface area contributed by atoms with Crippen molar-refractivity contribution in [1.29, 1.82) is 0 Å². The minimum absolute atomic E-state index is 0.205. The molecule has 0 bridgehead atoms. The highest BCUT2D eigenvalue weighted by Gasteiger charge is 2.25. The van der Waals surface area contributed by atoms with Crippen molar-refractivity contribution >= 4 is 22.8 Å². The van der Waals surface area contributed by atoms with Gasteiger partial charge in [0, 0.05) is 11.4 Å². The fraction of sp³-hybridized carbons (Fsp3) is 0.438. The van der Waals surface area contributed by atoms with Crippen LogP contribution in [0.2, 0.25) is 0 Å². The van der Waals surface area contributed by atoms with Gasteiger partial charge in [-0.2, -0.15) is 5.10 Å². The summed E-state index contributed by atoms with van der Waals surface area (Å²) in [6.45, 7) is 1.58. The highest BCUT2D eigenvalue weighted by atomic mass is 16.5. The molecule has 1 saturated carbocycles. The SMILES string of the molecule is C[C@@H](OC(=O)c1n[nH]c2ccccc12)C(=O)NC1CCCC1. The number of aromatic amines is 1. The number of carbonyl (C=O) groups excluding carboxylic acids is 2. The van der Waals surface area contributed by atoms with Crippen LogP contribution in [0.3, 0.4) is 0 Å². The summed E-state index contributed by atoms with van der Waals surface area (Å²) in [5.41, 5.74) is 0.966. The fourth-order valence-corrected chi connectivity index (χ4v) is 2.78. The number of ether oxygens (including phenoxy) is 1. The number of fused-ring (bicyclic) bond motifs is 1. The van der Waals surface area contributed by atoms with Crippen molar-refractivity contribution in [3.8, 4) is 0 Å². The maximum absolute atomic E-state index is 12.2. The van der Waals surface area contributed by atoms with E-state index in [1.165, 1.54) is 0 Å². The number of benzene rings is 1. The minimum atomic E-state index is -0.830. The molecule has 1 heterocycles. The normalized spacial score (nSPS) is 16.6. The molecule has 2 N–H and O–H groups in total. The zero-order valence-electron chi connectivity index (χ0n) is 12.5. The summed E-state index contributed by atoms with van der Waals surface area (Å²) in [6, 6.07) is 7.51. The van der Waals surface area contributed by atoms with Gasteiger partial charge in [0.2, 0.25) is 0 Å². The largest absolute Gasteiger partial charge is 0.448 e. The number of amides is 1. The van der Waals surface area contributed by atoms with Crippen molar-refractivity contribution in [2.45, 2.75) is 44.8 Å². The number of nitrogens with zero attached hydrogens (tertiary/aromatic N) is 1. The summed E-state index contributed by atoms with van der Waals surface area (Å²) < 4.78 is 5.24. The Bertz CT molecular complexity index is 689. The Labute approximate surface area is 128 Å². The number of carbonyl (C=O) groups is 2. The predicted molar refractivity (Wildman–Crippen MR) is 81.4 cm³/mol. The Morgan fingerprint density at radius 3 is 2.82 bits per heavy atom. The maximum Gasteiger partial charge on any atom is 0.360 e. The minimum Gasteiger partial charge on any atom is -0.448 e. The summed E-state index contributed by atoms with van der Waals surface area (Å²) in [7, 11) is 0. The van der Waals surface area contributed by atoms with Gasteiger partial charge < -0.3 is 10.1 Å². The first-order chi connectivity index (χ1) is 10.6. The summed E-state index contributed by atoms with van der Waals surface area (Å²) in [5.74, 6) is -0.841. The molecular formula is C16H19N3O3. The third kappa shape index (κ3) is 2.95. The van der Waals surface area contributed by atoms with Crippen LogP contribution in [0.25, 0.3) is 10.9 Å². The average Bonchev–Trinajstić information content (AvgIpc) is 3.15. The summed E-state index contributed by atoms with van der Waals surface area (Å²) in [5, 5.41) is 10.4. The molecule has 0 saturated heterocycles. The molecule has 2 aromatic rings. The quantitative estimate of drug-likeness (QED) is 0.848. The third-order valence-electron chi connectivity index (χ3n) is 4.02. The van der Waals surface area contributed by atoms with E-state index in [4.69, 9.17) is 4.74 Å². The molecule has 22 heavy (non-hydrogen) atoms. The van der Waals surface area contributed by atoms with Crippen LogP contribution in [-0.4, -0.2) is 34.2 Å². The number of rotatable bonds is 4. The molecule has 1 amide bonds. The van der Waals surface area contributed by atoms with Crippen LogP contribution in [0.1, 0.15) is 43.1 Å². The van der Waals surface area contributed by atoms with E-state index in [0.29, 0.717) is 5.39 Å². The van der Waals surface area contributed by atoms with Crippen molar-refractivity contribution in [3.63, 3.8) is 0 Å². The molecule has 0 spiro atoms. The highest BCUT2D eigenvalue weighted by Crippen LogP contribution is 2.19. The van der Waals surface area contributed by atoms with Gasteiger partial charge in [-0.05, 0) is 25.8 Å². The van der Waals surface area contributed by atoms with Gasteiger partial charge >= 0.3 is 5.97 Å². The molecule has 1 aromatic heterocycles. The molecular weight excluding hydrogens is 282 g/mol. The number of para-hydroxylation sites is 1. The average molecular weight is 301 g/mol. The van der Waals surface area contributed by atoms with Gasteiger partial charge in [0.1, 0.15) is 0 Å². The monoisotopic (exact) mass is 301 g/mol. The molecule has 1 atom stereocenters. The van der Waals surface area contributed by atoms with E-state index in [2.05, 4.69) is 15.5 Å². The number of hydrogen-bond acceptors (Lipinski definition) is 4. The topological polar surface area (TPSA) is 84.1 Å². The zero-order chi connectivity index (χ0) is 15.5. The lowest BCUT2D eigenvalue weighted by Crippen LogP contribution is -2.40. The summed E-state index contributed by atoms with van der Waals surface area (Å²) in [6.07, 6.45) is 3.44. The van der Waals surface area contributed by atoms with Crippen molar-refractivity contribution in [3.05, 3.63) is 30.0 Å². The van der Waals surface area contributed by atoms with E-state index < -0.39 is 12.1 Å². The second-order valence-electron chi connectivity index (χ2n) is 5.66. The lowest BCUT2D eigenvalue weighted by Gasteiger charge is -2.16. The number of hydrogen-bond donors (Lipinski definition) is 2.